The summed E-state index contributed by atoms with van der Waals surface area (Å²) in [5, 5.41) is 7.58. The van der Waals surface area contributed by atoms with Crippen molar-refractivity contribution in [2.24, 2.45) is 29.6 Å². The van der Waals surface area contributed by atoms with Gasteiger partial charge in [-0.25, -0.2) is 0 Å². The molecule has 1 N–H and O–H groups in total. The van der Waals surface area contributed by atoms with Crippen molar-refractivity contribution in [3.63, 3.8) is 0 Å². The minimum Gasteiger partial charge on any atom is -0.352 e. The van der Waals surface area contributed by atoms with Gasteiger partial charge in [0, 0.05) is 24.9 Å². The Morgan fingerprint density at radius 2 is 1.69 bits per heavy atom. The molecule has 4 aliphatic carbocycles. The number of rotatable bonds is 5. The van der Waals surface area contributed by atoms with Gasteiger partial charge < -0.3 is 5.32 Å². The van der Waals surface area contributed by atoms with Crippen molar-refractivity contribution >= 4 is 5.91 Å². The van der Waals surface area contributed by atoms with Gasteiger partial charge in [0.2, 0.25) is 5.91 Å². The molecule has 4 nitrogen and oxygen atoms in total. The van der Waals surface area contributed by atoms with E-state index in [1.807, 2.05) is 16.9 Å². The van der Waals surface area contributed by atoms with Gasteiger partial charge in [-0.1, -0.05) is 24.3 Å². The zero-order chi connectivity index (χ0) is 17.5. The molecule has 4 aliphatic rings. The molecule has 6 rings (SSSR count). The van der Waals surface area contributed by atoms with Crippen LogP contribution in [0.3, 0.4) is 0 Å². The van der Waals surface area contributed by atoms with Crippen molar-refractivity contribution in [3.05, 3.63) is 53.9 Å². The first-order chi connectivity index (χ1) is 12.8. The van der Waals surface area contributed by atoms with Gasteiger partial charge in [-0.2, -0.15) is 5.10 Å². The zero-order valence-corrected chi connectivity index (χ0v) is 15.2. The molecule has 2 aromatic rings. The highest BCUT2D eigenvalue weighted by atomic mass is 16.1. The molecular formula is C22H27N3O. The Balaban J connectivity index is 1.26. The molecular weight excluding hydrogens is 322 g/mol. The smallest absolute Gasteiger partial charge is 0.223 e. The third kappa shape index (κ3) is 2.95. The highest BCUT2D eigenvalue weighted by Crippen LogP contribution is 2.56. The third-order valence-corrected chi connectivity index (χ3v) is 6.99. The van der Waals surface area contributed by atoms with Crippen molar-refractivity contribution in [2.75, 3.05) is 0 Å². The van der Waals surface area contributed by atoms with Crippen LogP contribution in [0.2, 0.25) is 0 Å². The summed E-state index contributed by atoms with van der Waals surface area (Å²) >= 11 is 0. The molecule has 0 atom stereocenters. The van der Waals surface area contributed by atoms with Gasteiger partial charge in [0.1, 0.15) is 0 Å². The van der Waals surface area contributed by atoms with E-state index >= 15 is 0 Å². The highest BCUT2D eigenvalue weighted by molar-refractivity contribution is 5.79. The summed E-state index contributed by atoms with van der Waals surface area (Å²) in [5.41, 5.74) is 2.42. The molecule has 1 amide bonds. The fourth-order valence-corrected chi connectivity index (χ4v) is 6.11. The lowest BCUT2D eigenvalue weighted by Gasteiger charge is -2.53. The lowest BCUT2D eigenvalue weighted by Crippen LogP contribution is -2.50. The van der Waals surface area contributed by atoms with E-state index < -0.39 is 0 Å². The fourth-order valence-electron chi connectivity index (χ4n) is 6.11. The van der Waals surface area contributed by atoms with Gasteiger partial charge in [-0.3, -0.25) is 9.48 Å². The average Bonchev–Trinajstić information content (AvgIpc) is 3.13. The first-order valence-corrected chi connectivity index (χ1v) is 10.1. The predicted molar refractivity (Wildman–Crippen MR) is 100 cm³/mol. The van der Waals surface area contributed by atoms with E-state index in [0.29, 0.717) is 24.3 Å². The molecule has 0 saturated heterocycles. The van der Waals surface area contributed by atoms with Crippen molar-refractivity contribution in [1.82, 2.24) is 15.1 Å². The molecule has 26 heavy (non-hydrogen) atoms. The van der Waals surface area contributed by atoms with Gasteiger partial charge in [-0.15, -0.1) is 0 Å². The Bertz CT molecular complexity index is 754. The largest absolute Gasteiger partial charge is 0.352 e. The Morgan fingerprint density at radius 3 is 2.35 bits per heavy atom. The van der Waals surface area contributed by atoms with Gasteiger partial charge in [-0.05, 0) is 73.0 Å². The van der Waals surface area contributed by atoms with Crippen molar-refractivity contribution < 1.29 is 4.79 Å². The molecule has 136 valence electrons. The van der Waals surface area contributed by atoms with Crippen LogP contribution in [0.25, 0.3) is 0 Å². The first kappa shape index (κ1) is 16.1. The molecule has 0 aliphatic heterocycles. The van der Waals surface area contributed by atoms with Crippen LogP contribution in [0, 0.1) is 29.6 Å². The minimum absolute atomic E-state index is 0.265. The monoisotopic (exact) mass is 349 g/mol. The number of hydrogen-bond acceptors (Lipinski definition) is 2. The average molecular weight is 349 g/mol. The maximum absolute atomic E-state index is 13.0. The number of benzene rings is 1. The molecule has 4 fully saturated rings. The van der Waals surface area contributed by atoms with E-state index in [2.05, 4.69) is 34.7 Å². The number of amides is 1. The van der Waals surface area contributed by atoms with Crippen molar-refractivity contribution in [3.8, 4) is 0 Å². The van der Waals surface area contributed by atoms with Crippen LogP contribution in [-0.2, 0) is 17.9 Å². The number of aromatic nitrogens is 2. The number of nitrogens with one attached hydrogen (secondary N) is 1. The van der Waals surface area contributed by atoms with Gasteiger partial charge in [0.25, 0.3) is 0 Å². The second kappa shape index (κ2) is 6.57. The summed E-state index contributed by atoms with van der Waals surface area (Å²) in [4.78, 5) is 13.0. The summed E-state index contributed by atoms with van der Waals surface area (Å²) in [6, 6.07) is 10.3. The predicted octanol–water partition coefficient (Wildman–Crippen LogP) is 3.62. The molecule has 0 spiro atoms. The Labute approximate surface area is 155 Å². The second-order valence-corrected chi connectivity index (χ2v) is 8.65. The summed E-state index contributed by atoms with van der Waals surface area (Å²) in [7, 11) is 0. The van der Waals surface area contributed by atoms with E-state index in [4.69, 9.17) is 0 Å². The Morgan fingerprint density at radius 1 is 1.00 bits per heavy atom. The lowest BCUT2D eigenvalue weighted by atomic mass is 9.51. The zero-order valence-electron chi connectivity index (χ0n) is 15.2. The van der Waals surface area contributed by atoms with Gasteiger partial charge in [0.05, 0.1) is 6.54 Å². The van der Waals surface area contributed by atoms with Crippen LogP contribution in [0.4, 0.5) is 0 Å². The quantitative estimate of drug-likeness (QED) is 0.896. The van der Waals surface area contributed by atoms with Crippen LogP contribution in [0.5, 0.6) is 0 Å². The normalized spacial score (nSPS) is 31.9. The van der Waals surface area contributed by atoms with Gasteiger partial charge >= 0.3 is 0 Å². The van der Waals surface area contributed by atoms with Crippen LogP contribution in [0.1, 0.15) is 43.2 Å². The molecule has 4 heteroatoms. The number of carbonyl (C=O) groups excluding carboxylic acids is 1. The third-order valence-electron chi connectivity index (χ3n) is 6.99. The SMILES string of the molecule is O=C(NCc1ccccc1Cn1cccn1)C1C2CC3CC(C2)CC1C3. The molecule has 1 aromatic heterocycles. The number of carbonyl (C=O) groups is 1. The molecule has 4 bridgehead atoms. The van der Waals surface area contributed by atoms with Gasteiger partial charge in [0.15, 0.2) is 0 Å². The highest BCUT2D eigenvalue weighted by Gasteiger charge is 2.50. The molecule has 1 heterocycles. The van der Waals surface area contributed by atoms with E-state index in [9.17, 15) is 4.79 Å². The Hall–Kier alpha value is -2.10. The second-order valence-electron chi connectivity index (χ2n) is 8.65. The standard InChI is InChI=1S/C22H27N3O/c26-22(21-19-9-15-8-16(11-19)12-20(21)10-15)23-13-17-4-1-2-5-18(17)14-25-7-3-6-24-25/h1-7,15-16,19-21H,8-14H2,(H,23,26). The topological polar surface area (TPSA) is 46.9 Å². The van der Waals surface area contributed by atoms with Crippen molar-refractivity contribution in [1.29, 1.82) is 0 Å². The van der Waals surface area contributed by atoms with Crippen molar-refractivity contribution in [2.45, 2.75) is 45.2 Å². The maximum atomic E-state index is 13.0. The summed E-state index contributed by atoms with van der Waals surface area (Å²) < 4.78 is 1.93. The van der Waals surface area contributed by atoms with E-state index in [1.54, 1.807) is 6.20 Å². The molecule has 1 aromatic carbocycles. The summed E-state index contributed by atoms with van der Waals surface area (Å²) in [5.74, 6) is 3.68. The summed E-state index contributed by atoms with van der Waals surface area (Å²) in [6.07, 6.45) is 10.4. The minimum atomic E-state index is 0.265. The van der Waals surface area contributed by atoms with Crippen LogP contribution in [0.15, 0.2) is 42.7 Å². The molecule has 0 unspecified atom stereocenters. The number of hydrogen-bond donors (Lipinski definition) is 1. The summed E-state index contributed by atoms with van der Waals surface area (Å²) in [6.45, 7) is 1.37. The van der Waals surface area contributed by atoms with Crippen LogP contribution >= 0.6 is 0 Å². The fraction of sp³-hybridized carbons (Fsp3) is 0.545. The van der Waals surface area contributed by atoms with Crippen LogP contribution in [-0.4, -0.2) is 15.7 Å². The van der Waals surface area contributed by atoms with E-state index in [-0.39, 0.29) is 5.92 Å². The van der Waals surface area contributed by atoms with Crippen LogP contribution < -0.4 is 5.32 Å². The maximum Gasteiger partial charge on any atom is 0.223 e. The van der Waals surface area contributed by atoms with E-state index in [0.717, 1.165) is 18.4 Å². The van der Waals surface area contributed by atoms with E-state index in [1.165, 1.54) is 43.2 Å². The Kier molecular flexibility index (Phi) is 4.07. The number of nitrogens with zero attached hydrogens (tertiary/aromatic N) is 2. The molecule has 4 saturated carbocycles. The lowest BCUT2D eigenvalue weighted by molar-refractivity contribution is -0.138. The molecule has 0 radical (unpaired) electrons. The first-order valence-electron chi connectivity index (χ1n) is 10.1.